The lowest BCUT2D eigenvalue weighted by Gasteiger charge is -2.21. The van der Waals surface area contributed by atoms with Crippen molar-refractivity contribution in [2.24, 2.45) is 10.9 Å². The Bertz CT molecular complexity index is 1360. The number of aromatic nitrogens is 3. The molecular formula is C23H22ClN5O4. The van der Waals surface area contributed by atoms with Gasteiger partial charge in [-0.05, 0) is 49.2 Å². The summed E-state index contributed by atoms with van der Waals surface area (Å²) in [5, 5.41) is 13.0. The number of hydrogen-bond donors (Lipinski definition) is 2. The van der Waals surface area contributed by atoms with E-state index in [0.717, 1.165) is 27.8 Å². The number of hydrogen-bond acceptors (Lipinski definition) is 6. The van der Waals surface area contributed by atoms with Crippen molar-refractivity contribution in [1.82, 2.24) is 14.1 Å². The van der Waals surface area contributed by atoms with Gasteiger partial charge in [-0.1, -0.05) is 29.8 Å². The molecule has 0 aliphatic carbocycles. The number of anilines is 2. The minimum Gasteiger partial charge on any atom is -0.481 e. The number of halogens is 1. The lowest BCUT2D eigenvalue weighted by atomic mass is 10.0. The van der Waals surface area contributed by atoms with Gasteiger partial charge in [0.2, 0.25) is 5.95 Å². The average Bonchev–Trinajstić information content (AvgIpc) is 3.25. The Hall–Kier alpha value is -3.72. The van der Waals surface area contributed by atoms with Crippen LogP contribution in [0.25, 0.3) is 0 Å². The summed E-state index contributed by atoms with van der Waals surface area (Å²) in [5.41, 5.74) is 1.78. The maximum atomic E-state index is 13.4. The van der Waals surface area contributed by atoms with Gasteiger partial charge in [0.25, 0.3) is 0 Å². The molecule has 0 spiro atoms. The molecule has 170 valence electrons. The van der Waals surface area contributed by atoms with Crippen LogP contribution >= 0.6 is 11.6 Å². The molecule has 0 fully saturated rings. The zero-order chi connectivity index (χ0) is 23.7. The fourth-order valence-electron chi connectivity index (χ4n) is 3.60. The summed E-state index contributed by atoms with van der Waals surface area (Å²) in [6.07, 6.45) is 2.57. The second-order valence-corrected chi connectivity index (χ2v) is 8.37. The van der Waals surface area contributed by atoms with Crippen molar-refractivity contribution in [3.8, 4) is 0 Å². The molecule has 33 heavy (non-hydrogen) atoms. The largest absolute Gasteiger partial charge is 0.481 e. The molecular weight excluding hydrogens is 446 g/mol. The highest BCUT2D eigenvalue weighted by Gasteiger charge is 2.26. The molecule has 1 aromatic heterocycles. The number of carbonyl (C=O) groups is 1. The molecule has 1 aliphatic heterocycles. The first kappa shape index (κ1) is 22.5. The van der Waals surface area contributed by atoms with E-state index >= 15 is 0 Å². The summed E-state index contributed by atoms with van der Waals surface area (Å²) in [6.45, 7) is 3.06. The minimum atomic E-state index is -1.11. The molecule has 4 rings (SSSR count). The van der Waals surface area contributed by atoms with E-state index < -0.39 is 29.3 Å². The number of aliphatic carboxylic acids is 1. The summed E-state index contributed by atoms with van der Waals surface area (Å²) in [4.78, 5) is 46.1. The third-order valence-electron chi connectivity index (χ3n) is 5.76. The van der Waals surface area contributed by atoms with Crippen molar-refractivity contribution in [2.45, 2.75) is 32.9 Å². The second-order valence-electron chi connectivity index (χ2n) is 7.93. The summed E-state index contributed by atoms with van der Waals surface area (Å²) < 4.78 is 2.19. The molecule has 0 bridgehead atoms. The fourth-order valence-corrected chi connectivity index (χ4v) is 3.73. The molecule has 2 N–H and O–H groups in total. The van der Waals surface area contributed by atoms with Gasteiger partial charge in [0, 0.05) is 23.3 Å². The van der Waals surface area contributed by atoms with Crippen LogP contribution in [0.15, 0.2) is 57.0 Å². The van der Waals surface area contributed by atoms with Crippen LogP contribution in [0.5, 0.6) is 0 Å². The normalized spacial score (nSPS) is 14.0. The number of carboxylic acid groups (broad SMARTS) is 1. The number of fused-ring (bicyclic) bond motifs is 1. The molecule has 0 amide bonds. The molecule has 2 atom stereocenters. The van der Waals surface area contributed by atoms with E-state index in [4.69, 9.17) is 11.6 Å². The summed E-state index contributed by atoms with van der Waals surface area (Å²) in [7, 11) is 0. The lowest BCUT2D eigenvalue weighted by molar-refractivity contribution is -0.142. The quantitative estimate of drug-likeness (QED) is 0.549. The molecule has 0 radical (unpaired) electrons. The standard InChI is InChI=1S/C23H22ClN5O4/c1-13(20(30)31)14(2)29-22(32)27-21(26-18-8-5-16-9-10-25-19(16)11-18)28(23(29)33)12-15-3-6-17(24)7-4-15/h3-8,10-11,13-14H,9,12H2,1-2H3,(H,30,31)(H,26,27,32)/t13-,14+/m1/s1. The molecule has 1 aliphatic rings. The van der Waals surface area contributed by atoms with E-state index in [-0.39, 0.29) is 12.5 Å². The molecule has 0 saturated heterocycles. The van der Waals surface area contributed by atoms with E-state index in [1.54, 1.807) is 24.3 Å². The van der Waals surface area contributed by atoms with Gasteiger partial charge in [0.15, 0.2) is 0 Å². The van der Waals surface area contributed by atoms with Crippen LogP contribution in [-0.4, -0.2) is 31.4 Å². The number of benzene rings is 2. The Morgan fingerprint density at radius 2 is 1.91 bits per heavy atom. The van der Waals surface area contributed by atoms with Gasteiger partial charge < -0.3 is 10.4 Å². The van der Waals surface area contributed by atoms with Crippen molar-refractivity contribution < 1.29 is 9.90 Å². The van der Waals surface area contributed by atoms with E-state index in [1.807, 2.05) is 24.4 Å². The Morgan fingerprint density at radius 1 is 1.18 bits per heavy atom. The molecule has 0 saturated carbocycles. The lowest BCUT2D eigenvalue weighted by Crippen LogP contribution is -2.46. The van der Waals surface area contributed by atoms with Gasteiger partial charge in [0.05, 0.1) is 24.2 Å². The van der Waals surface area contributed by atoms with Gasteiger partial charge in [-0.25, -0.2) is 14.2 Å². The van der Waals surface area contributed by atoms with Crippen LogP contribution in [0.4, 0.5) is 17.3 Å². The predicted octanol–water partition coefficient (Wildman–Crippen LogP) is 3.39. The molecule has 9 nitrogen and oxygen atoms in total. The summed E-state index contributed by atoms with van der Waals surface area (Å²) >= 11 is 5.98. The minimum absolute atomic E-state index is 0.0494. The molecule has 2 aromatic carbocycles. The van der Waals surface area contributed by atoms with Crippen LogP contribution in [-0.2, 0) is 17.8 Å². The maximum Gasteiger partial charge on any atom is 0.355 e. The molecule has 2 heterocycles. The molecule has 3 aromatic rings. The van der Waals surface area contributed by atoms with Gasteiger partial charge in [-0.2, -0.15) is 4.98 Å². The van der Waals surface area contributed by atoms with E-state index in [1.165, 1.54) is 18.4 Å². The first-order valence-electron chi connectivity index (χ1n) is 10.4. The number of aliphatic imine (C=N–C) groups is 1. The highest BCUT2D eigenvalue weighted by Crippen LogP contribution is 2.28. The topological polar surface area (TPSA) is 119 Å². The first-order chi connectivity index (χ1) is 15.7. The Labute approximate surface area is 194 Å². The Kier molecular flexibility index (Phi) is 6.15. The van der Waals surface area contributed by atoms with Crippen molar-refractivity contribution in [2.75, 3.05) is 5.32 Å². The van der Waals surface area contributed by atoms with Crippen molar-refractivity contribution in [3.63, 3.8) is 0 Å². The van der Waals surface area contributed by atoms with Crippen LogP contribution in [0.3, 0.4) is 0 Å². The van der Waals surface area contributed by atoms with Crippen LogP contribution < -0.4 is 16.7 Å². The van der Waals surface area contributed by atoms with Crippen molar-refractivity contribution >= 4 is 41.1 Å². The van der Waals surface area contributed by atoms with Gasteiger partial charge in [0.1, 0.15) is 0 Å². The zero-order valence-corrected chi connectivity index (χ0v) is 18.8. The van der Waals surface area contributed by atoms with E-state index in [2.05, 4.69) is 15.3 Å². The highest BCUT2D eigenvalue weighted by atomic mass is 35.5. The molecule has 10 heteroatoms. The van der Waals surface area contributed by atoms with Gasteiger partial charge in [-0.15, -0.1) is 0 Å². The SMILES string of the molecule is C[C@@H](C(=O)O)[C@H](C)n1c(=O)nc(Nc2ccc3c(c2)N=CC3)n(Cc2ccc(Cl)cc2)c1=O. The van der Waals surface area contributed by atoms with Crippen LogP contribution in [0.1, 0.15) is 31.0 Å². The smallest absolute Gasteiger partial charge is 0.355 e. The number of rotatable bonds is 7. The molecule has 0 unspecified atom stereocenters. The highest BCUT2D eigenvalue weighted by molar-refractivity contribution is 6.30. The van der Waals surface area contributed by atoms with E-state index in [9.17, 15) is 19.5 Å². The van der Waals surface area contributed by atoms with Gasteiger partial charge >= 0.3 is 17.3 Å². The monoisotopic (exact) mass is 467 g/mol. The Balaban J connectivity index is 1.81. The number of nitrogens with one attached hydrogen (secondary N) is 1. The Morgan fingerprint density at radius 3 is 2.61 bits per heavy atom. The summed E-state index contributed by atoms with van der Waals surface area (Å²) in [5.74, 6) is -2.03. The zero-order valence-electron chi connectivity index (χ0n) is 18.0. The van der Waals surface area contributed by atoms with Crippen LogP contribution in [0, 0.1) is 5.92 Å². The van der Waals surface area contributed by atoms with E-state index in [0.29, 0.717) is 10.7 Å². The van der Waals surface area contributed by atoms with Crippen LogP contribution in [0.2, 0.25) is 5.02 Å². The van der Waals surface area contributed by atoms with Crippen molar-refractivity contribution in [1.29, 1.82) is 0 Å². The fraction of sp³-hybridized carbons (Fsp3) is 0.261. The third-order valence-corrected chi connectivity index (χ3v) is 6.01. The third kappa shape index (κ3) is 4.58. The van der Waals surface area contributed by atoms with Crippen molar-refractivity contribution in [3.05, 3.63) is 79.6 Å². The maximum absolute atomic E-state index is 13.4. The van der Waals surface area contributed by atoms with Gasteiger partial charge in [-0.3, -0.25) is 14.4 Å². The predicted molar refractivity (Wildman–Crippen MR) is 126 cm³/mol. The number of carboxylic acids is 1. The first-order valence-corrected chi connectivity index (χ1v) is 10.8. The average molecular weight is 468 g/mol. The second kappa shape index (κ2) is 9.03. The summed E-state index contributed by atoms with van der Waals surface area (Å²) in [6, 6.07) is 11.6. The number of nitrogens with zero attached hydrogens (tertiary/aromatic N) is 4.